The molecule has 0 rings (SSSR count). The number of carbonyl (C=O) groups excluding carboxylic acids is 2. The van der Waals surface area contributed by atoms with Crippen LogP contribution in [-0.2, 0) is 38.9 Å². The summed E-state index contributed by atoms with van der Waals surface area (Å²) in [5, 5.41) is 0. The Morgan fingerprint density at radius 1 is 0.647 bits per heavy atom. The van der Waals surface area contributed by atoms with E-state index < -0.39 is 46.3 Å². The van der Waals surface area contributed by atoms with E-state index in [4.69, 9.17) is 34.1 Å². The van der Waals surface area contributed by atoms with Gasteiger partial charge in [-0.2, -0.15) is 9.78 Å². The van der Waals surface area contributed by atoms with Gasteiger partial charge in [0, 0.05) is 6.42 Å². The third kappa shape index (κ3) is 17.9. The van der Waals surface area contributed by atoms with Gasteiger partial charge in [0.15, 0.2) is 0 Å². The molecule has 0 bridgehead atoms. The van der Waals surface area contributed by atoms with Crippen molar-refractivity contribution in [1.29, 1.82) is 0 Å². The fraction of sp³-hybridized carbons (Fsp3) is 0.913. The Kier molecular flexibility index (Phi) is 11.9. The standard InChI is InChI=1S/C23H46N2O9/c1-16(14-22(11,12)32-29-19(2,3)4)28-18(27)25-24-17(26)15-23(13,33-30-20(5,6)7)34-31-21(8,9)10/h16H,14-15H2,1-13H3,(H,24,26)(H,25,27). The van der Waals surface area contributed by atoms with Crippen molar-refractivity contribution in [2.75, 3.05) is 0 Å². The van der Waals surface area contributed by atoms with Crippen molar-refractivity contribution in [3.63, 3.8) is 0 Å². The molecule has 2 amide bonds. The number of carbonyl (C=O) groups is 2. The third-order valence-electron chi connectivity index (χ3n) is 3.33. The lowest BCUT2D eigenvalue weighted by Crippen LogP contribution is -2.48. The zero-order valence-electron chi connectivity index (χ0n) is 23.2. The maximum absolute atomic E-state index is 12.4. The number of amides is 2. The number of nitrogens with one attached hydrogen (secondary N) is 2. The number of hydrogen-bond donors (Lipinski definition) is 2. The average Bonchev–Trinajstić information content (AvgIpc) is 2.60. The lowest BCUT2D eigenvalue weighted by molar-refractivity contribution is -0.535. The Balaban J connectivity index is 4.75. The van der Waals surface area contributed by atoms with Crippen molar-refractivity contribution in [3.05, 3.63) is 0 Å². The molecule has 0 aliphatic carbocycles. The second kappa shape index (κ2) is 12.5. The van der Waals surface area contributed by atoms with Gasteiger partial charge in [0.1, 0.15) is 11.7 Å². The average molecular weight is 495 g/mol. The molecule has 2 N–H and O–H groups in total. The minimum absolute atomic E-state index is 0.347. The maximum Gasteiger partial charge on any atom is 0.426 e. The largest absolute Gasteiger partial charge is 0.445 e. The number of hydrazine groups is 1. The van der Waals surface area contributed by atoms with Crippen molar-refractivity contribution in [3.8, 4) is 0 Å². The molecule has 0 heterocycles. The van der Waals surface area contributed by atoms with Crippen LogP contribution >= 0.6 is 0 Å². The van der Waals surface area contributed by atoms with Crippen molar-refractivity contribution < 1.29 is 43.7 Å². The predicted molar refractivity (Wildman–Crippen MR) is 125 cm³/mol. The molecule has 0 aromatic rings. The van der Waals surface area contributed by atoms with E-state index in [1.807, 2.05) is 34.6 Å². The summed E-state index contributed by atoms with van der Waals surface area (Å²) >= 11 is 0. The molecule has 11 heteroatoms. The first-order chi connectivity index (χ1) is 15.0. The van der Waals surface area contributed by atoms with Crippen LogP contribution in [0.15, 0.2) is 0 Å². The highest BCUT2D eigenvalue weighted by molar-refractivity contribution is 5.79. The lowest BCUT2D eigenvalue weighted by Gasteiger charge is -2.32. The van der Waals surface area contributed by atoms with E-state index in [1.54, 1.807) is 48.5 Å². The van der Waals surface area contributed by atoms with E-state index in [-0.39, 0.29) is 6.42 Å². The summed E-state index contributed by atoms with van der Waals surface area (Å²) in [5.74, 6) is -2.21. The first-order valence-corrected chi connectivity index (χ1v) is 11.4. The van der Waals surface area contributed by atoms with Gasteiger partial charge in [-0.05, 0) is 90.0 Å². The Morgan fingerprint density at radius 3 is 1.47 bits per heavy atom. The molecule has 34 heavy (non-hydrogen) atoms. The number of rotatable bonds is 11. The highest BCUT2D eigenvalue weighted by atomic mass is 17.3. The third-order valence-corrected chi connectivity index (χ3v) is 3.33. The number of ether oxygens (including phenoxy) is 1. The van der Waals surface area contributed by atoms with Crippen LogP contribution in [0.1, 0.15) is 103 Å². The van der Waals surface area contributed by atoms with Crippen LogP contribution in [0.2, 0.25) is 0 Å². The van der Waals surface area contributed by atoms with Gasteiger partial charge >= 0.3 is 6.09 Å². The van der Waals surface area contributed by atoms with Crippen molar-refractivity contribution in [2.24, 2.45) is 0 Å². The molecule has 11 nitrogen and oxygen atoms in total. The fourth-order valence-corrected chi connectivity index (χ4v) is 2.17. The molecule has 0 fully saturated rings. The van der Waals surface area contributed by atoms with Gasteiger partial charge in [0.25, 0.3) is 0 Å². The second-order valence-corrected chi connectivity index (χ2v) is 12.0. The maximum atomic E-state index is 12.4. The van der Waals surface area contributed by atoms with Crippen LogP contribution in [0.3, 0.4) is 0 Å². The summed E-state index contributed by atoms with van der Waals surface area (Å²) in [7, 11) is 0. The van der Waals surface area contributed by atoms with Crippen molar-refractivity contribution >= 4 is 12.0 Å². The molecule has 1 unspecified atom stereocenters. The minimum Gasteiger partial charge on any atom is -0.445 e. The van der Waals surface area contributed by atoms with Crippen LogP contribution in [0, 0.1) is 0 Å². The van der Waals surface area contributed by atoms with Gasteiger partial charge in [-0.25, -0.2) is 29.8 Å². The SMILES string of the molecule is CC(CC(C)(C)OOC(C)(C)C)OC(=O)NNC(=O)CC(C)(OOC(C)(C)C)OOC(C)(C)C. The first-order valence-electron chi connectivity index (χ1n) is 11.4. The molecule has 0 aromatic heterocycles. The molecule has 1 atom stereocenters. The van der Waals surface area contributed by atoms with Crippen LogP contribution < -0.4 is 10.9 Å². The topological polar surface area (TPSA) is 123 Å². The summed E-state index contributed by atoms with van der Waals surface area (Å²) in [6.45, 7) is 23.1. The van der Waals surface area contributed by atoms with E-state index in [9.17, 15) is 9.59 Å². The van der Waals surface area contributed by atoms with E-state index >= 15 is 0 Å². The quantitative estimate of drug-likeness (QED) is 0.240. The summed E-state index contributed by atoms with van der Waals surface area (Å²) in [5.41, 5.74) is 1.97. The Morgan fingerprint density at radius 2 is 1.06 bits per heavy atom. The van der Waals surface area contributed by atoms with Gasteiger partial charge < -0.3 is 4.74 Å². The molecule has 0 saturated heterocycles. The zero-order chi connectivity index (χ0) is 27.0. The molecule has 0 aliphatic heterocycles. The monoisotopic (exact) mass is 494 g/mol. The molecular formula is C23H46N2O9. The molecule has 0 spiro atoms. The first kappa shape index (κ1) is 32.5. The van der Waals surface area contributed by atoms with Crippen molar-refractivity contribution in [1.82, 2.24) is 10.9 Å². The number of hydrogen-bond acceptors (Lipinski definition) is 9. The normalized spacial score (nSPS) is 14.5. The molecule has 0 radical (unpaired) electrons. The van der Waals surface area contributed by atoms with Gasteiger partial charge in [-0.1, -0.05) is 0 Å². The lowest BCUT2D eigenvalue weighted by atomic mass is 10.0. The fourth-order valence-electron chi connectivity index (χ4n) is 2.17. The van der Waals surface area contributed by atoms with Crippen molar-refractivity contribution in [2.45, 2.75) is 137 Å². The van der Waals surface area contributed by atoms with Crippen LogP contribution in [0.4, 0.5) is 4.79 Å². The van der Waals surface area contributed by atoms with Crippen LogP contribution in [0.25, 0.3) is 0 Å². The molecular weight excluding hydrogens is 448 g/mol. The van der Waals surface area contributed by atoms with Crippen LogP contribution in [-0.4, -0.2) is 46.3 Å². The van der Waals surface area contributed by atoms with E-state index in [0.717, 1.165) is 0 Å². The zero-order valence-corrected chi connectivity index (χ0v) is 23.2. The minimum atomic E-state index is -1.59. The van der Waals surface area contributed by atoms with Gasteiger partial charge in [-0.15, -0.1) is 0 Å². The summed E-state index contributed by atoms with van der Waals surface area (Å²) in [6.07, 6.45) is -1.35. The molecule has 202 valence electrons. The predicted octanol–water partition coefficient (Wildman–Crippen LogP) is 4.65. The summed E-state index contributed by atoms with van der Waals surface area (Å²) in [4.78, 5) is 56.7. The Hall–Kier alpha value is -1.50. The van der Waals surface area contributed by atoms with Gasteiger partial charge in [0.05, 0.1) is 23.2 Å². The van der Waals surface area contributed by atoms with Crippen LogP contribution in [0.5, 0.6) is 0 Å². The smallest absolute Gasteiger partial charge is 0.426 e. The molecule has 0 aliphatic rings. The summed E-state index contributed by atoms with van der Waals surface area (Å²) in [6, 6.07) is 0. The Bertz CT molecular complexity index is 628. The highest BCUT2D eigenvalue weighted by Gasteiger charge is 2.36. The van der Waals surface area contributed by atoms with E-state index in [1.165, 1.54) is 6.92 Å². The highest BCUT2D eigenvalue weighted by Crippen LogP contribution is 2.25. The Labute approximate surface area is 204 Å². The summed E-state index contributed by atoms with van der Waals surface area (Å²) < 4.78 is 5.27. The van der Waals surface area contributed by atoms with Gasteiger partial charge in [-0.3, -0.25) is 10.2 Å². The second-order valence-electron chi connectivity index (χ2n) is 12.0. The van der Waals surface area contributed by atoms with E-state index in [2.05, 4.69) is 10.9 Å². The van der Waals surface area contributed by atoms with Gasteiger partial charge in [0.2, 0.25) is 11.7 Å². The molecule has 0 aromatic carbocycles. The van der Waals surface area contributed by atoms with E-state index in [0.29, 0.717) is 6.42 Å². The molecule has 0 saturated carbocycles.